The highest BCUT2D eigenvalue weighted by Crippen LogP contribution is 2.41. The van der Waals surface area contributed by atoms with E-state index in [2.05, 4.69) is 4.90 Å². The van der Waals surface area contributed by atoms with E-state index in [0.29, 0.717) is 36.2 Å². The summed E-state index contributed by atoms with van der Waals surface area (Å²) in [5.74, 6) is -3.02. The normalized spacial score (nSPS) is 19.4. The minimum Gasteiger partial charge on any atom is -0.486 e. The standard InChI is InChI=1S/C28H27F5N4O4/c1-14-11-36(12-15(2)35(14)3)20-10-19(29)24(16-4-5-21-22(8-16)41-7-6-40-21)25(30)26(20)37-13-17(27(34)39)18(9-23(37)38)28(31,32)33/h4-5,8-10,13-15H,6-7,11-12H2,1-3H3,(H2,34,39)/t14-,15+. The number of benzene rings is 2. The number of rotatable bonds is 4. The van der Waals surface area contributed by atoms with E-state index in [9.17, 15) is 22.8 Å². The topological polar surface area (TPSA) is 90.0 Å². The molecule has 2 aliphatic rings. The van der Waals surface area contributed by atoms with Gasteiger partial charge in [-0.1, -0.05) is 6.07 Å². The van der Waals surface area contributed by atoms with Crippen molar-refractivity contribution in [3.63, 3.8) is 0 Å². The molecule has 2 aromatic carbocycles. The lowest BCUT2D eigenvalue weighted by Crippen LogP contribution is -2.55. The van der Waals surface area contributed by atoms with E-state index in [0.717, 1.165) is 6.07 Å². The van der Waals surface area contributed by atoms with Gasteiger partial charge in [0.15, 0.2) is 17.3 Å². The maximum Gasteiger partial charge on any atom is 0.417 e. The molecule has 1 fully saturated rings. The number of alkyl halides is 3. The Balaban J connectivity index is 1.79. The van der Waals surface area contributed by atoms with Crippen LogP contribution < -0.4 is 25.7 Å². The van der Waals surface area contributed by atoms with Crippen molar-refractivity contribution in [1.29, 1.82) is 0 Å². The van der Waals surface area contributed by atoms with Crippen LogP contribution in [0.2, 0.25) is 0 Å². The summed E-state index contributed by atoms with van der Waals surface area (Å²) in [4.78, 5) is 28.9. The van der Waals surface area contributed by atoms with Crippen LogP contribution in [0.1, 0.15) is 29.8 Å². The largest absolute Gasteiger partial charge is 0.486 e. The van der Waals surface area contributed by atoms with E-state index in [1.54, 1.807) is 4.90 Å². The minimum atomic E-state index is -5.08. The molecule has 2 N–H and O–H groups in total. The van der Waals surface area contributed by atoms with E-state index < -0.39 is 51.7 Å². The third-order valence-electron chi connectivity index (χ3n) is 7.57. The molecule has 3 aromatic rings. The number of pyridine rings is 1. The Hall–Kier alpha value is -4.13. The number of fused-ring (bicyclic) bond motifs is 1. The fourth-order valence-electron chi connectivity index (χ4n) is 5.27. The first-order valence-electron chi connectivity index (χ1n) is 12.8. The van der Waals surface area contributed by atoms with Crippen LogP contribution >= 0.6 is 0 Å². The van der Waals surface area contributed by atoms with Gasteiger partial charge < -0.3 is 20.1 Å². The lowest BCUT2D eigenvalue weighted by molar-refractivity contribution is -0.138. The fraction of sp³-hybridized carbons (Fsp3) is 0.357. The Labute approximate surface area is 231 Å². The zero-order chi connectivity index (χ0) is 29.8. The van der Waals surface area contributed by atoms with Crippen molar-refractivity contribution in [2.45, 2.75) is 32.1 Å². The summed E-state index contributed by atoms with van der Waals surface area (Å²) in [5.41, 5.74) is 0.306. The number of amides is 1. The van der Waals surface area contributed by atoms with Crippen LogP contribution in [-0.2, 0) is 6.18 Å². The number of nitrogens with zero attached hydrogens (tertiary/aromatic N) is 3. The summed E-state index contributed by atoms with van der Waals surface area (Å²) < 4.78 is 85.0. The van der Waals surface area contributed by atoms with E-state index >= 15 is 8.78 Å². The highest BCUT2D eigenvalue weighted by atomic mass is 19.4. The quantitative estimate of drug-likeness (QED) is 0.467. The van der Waals surface area contributed by atoms with Gasteiger partial charge in [0.25, 0.3) is 11.5 Å². The fourth-order valence-corrected chi connectivity index (χ4v) is 5.27. The second kappa shape index (κ2) is 10.4. The van der Waals surface area contributed by atoms with Crippen LogP contribution in [-0.4, -0.2) is 60.8 Å². The van der Waals surface area contributed by atoms with Crippen LogP contribution in [0.4, 0.5) is 27.6 Å². The SMILES string of the molecule is C[C@@H]1CN(c2cc(F)c(-c3ccc4c(c3)OCCO4)c(F)c2-n2cc(C(N)=O)c(C(F)(F)F)cc2=O)C[C@H](C)N1C. The molecule has 0 aliphatic carbocycles. The molecule has 0 spiro atoms. The van der Waals surface area contributed by atoms with E-state index in [1.165, 1.54) is 18.2 Å². The van der Waals surface area contributed by atoms with Crippen molar-refractivity contribution in [3.05, 3.63) is 69.6 Å². The molecule has 0 radical (unpaired) electrons. The first kappa shape index (κ1) is 28.4. The number of carbonyl (C=O) groups excluding carboxylic acids is 1. The first-order valence-corrected chi connectivity index (χ1v) is 12.8. The van der Waals surface area contributed by atoms with E-state index in [-0.39, 0.29) is 41.8 Å². The van der Waals surface area contributed by atoms with E-state index in [4.69, 9.17) is 15.2 Å². The van der Waals surface area contributed by atoms with Gasteiger partial charge in [0, 0.05) is 43.5 Å². The van der Waals surface area contributed by atoms with Crippen LogP contribution in [0.3, 0.4) is 0 Å². The van der Waals surface area contributed by atoms with Crippen molar-refractivity contribution in [2.24, 2.45) is 5.73 Å². The van der Waals surface area contributed by atoms with Gasteiger partial charge in [-0.3, -0.25) is 19.1 Å². The van der Waals surface area contributed by atoms with Crippen molar-refractivity contribution in [2.75, 3.05) is 38.3 Å². The van der Waals surface area contributed by atoms with Crippen LogP contribution in [0.15, 0.2) is 41.3 Å². The highest BCUT2D eigenvalue weighted by molar-refractivity contribution is 5.94. The Bertz CT molecular complexity index is 1580. The maximum absolute atomic E-state index is 16.6. The average Bonchev–Trinajstić information content (AvgIpc) is 2.90. The molecule has 5 rings (SSSR count). The summed E-state index contributed by atoms with van der Waals surface area (Å²) >= 11 is 0. The molecule has 1 amide bonds. The smallest absolute Gasteiger partial charge is 0.417 e. The lowest BCUT2D eigenvalue weighted by Gasteiger charge is -2.44. The number of hydrogen-bond donors (Lipinski definition) is 1. The van der Waals surface area contributed by atoms with Crippen molar-refractivity contribution >= 4 is 11.6 Å². The number of aromatic nitrogens is 1. The third kappa shape index (κ3) is 5.09. The Morgan fingerprint density at radius 1 is 1.00 bits per heavy atom. The molecule has 0 saturated carbocycles. The predicted molar refractivity (Wildman–Crippen MR) is 141 cm³/mol. The Kier molecular flexibility index (Phi) is 7.18. The van der Waals surface area contributed by atoms with Gasteiger partial charge in [0.1, 0.15) is 24.7 Å². The highest BCUT2D eigenvalue weighted by Gasteiger charge is 2.37. The van der Waals surface area contributed by atoms with Crippen molar-refractivity contribution in [1.82, 2.24) is 9.47 Å². The van der Waals surface area contributed by atoms with Crippen LogP contribution in [0, 0.1) is 11.6 Å². The molecule has 41 heavy (non-hydrogen) atoms. The number of ether oxygens (including phenoxy) is 2. The van der Waals surface area contributed by atoms with E-state index in [1.807, 2.05) is 20.9 Å². The number of nitrogens with two attached hydrogens (primary N) is 1. The van der Waals surface area contributed by atoms with Gasteiger partial charge in [-0.05, 0) is 38.6 Å². The van der Waals surface area contributed by atoms with Crippen LogP contribution in [0.25, 0.3) is 16.8 Å². The average molecular weight is 579 g/mol. The molecular weight excluding hydrogens is 551 g/mol. The maximum atomic E-state index is 16.6. The Morgan fingerprint density at radius 2 is 1.63 bits per heavy atom. The third-order valence-corrected chi connectivity index (χ3v) is 7.57. The van der Waals surface area contributed by atoms with Gasteiger partial charge in [-0.25, -0.2) is 8.78 Å². The number of carbonyl (C=O) groups is 1. The lowest BCUT2D eigenvalue weighted by atomic mass is 9.99. The number of anilines is 1. The first-order chi connectivity index (χ1) is 19.3. The molecular formula is C28H27F5N4O4. The second-order valence-electron chi connectivity index (χ2n) is 10.2. The molecule has 2 atom stereocenters. The van der Waals surface area contributed by atoms with Crippen molar-refractivity contribution < 1.29 is 36.2 Å². The molecule has 2 aliphatic heterocycles. The molecule has 0 bridgehead atoms. The number of halogens is 5. The molecule has 218 valence electrons. The zero-order valence-electron chi connectivity index (χ0n) is 22.4. The minimum absolute atomic E-state index is 0.0484. The van der Waals surface area contributed by atoms with Gasteiger partial charge in [0.05, 0.1) is 22.4 Å². The predicted octanol–water partition coefficient (Wildman–Crippen LogP) is 4.20. The molecule has 1 saturated heterocycles. The summed E-state index contributed by atoms with van der Waals surface area (Å²) in [6, 6.07) is 5.36. The number of piperazine rings is 1. The summed E-state index contributed by atoms with van der Waals surface area (Å²) in [7, 11) is 1.90. The molecule has 13 heteroatoms. The summed E-state index contributed by atoms with van der Waals surface area (Å²) in [6.07, 6.45) is -4.52. The zero-order valence-corrected chi connectivity index (χ0v) is 22.4. The number of primary amides is 1. The van der Waals surface area contributed by atoms with Crippen molar-refractivity contribution in [3.8, 4) is 28.3 Å². The van der Waals surface area contributed by atoms with Gasteiger partial charge in [-0.15, -0.1) is 0 Å². The van der Waals surface area contributed by atoms with Gasteiger partial charge >= 0.3 is 6.18 Å². The number of likely N-dealkylation sites (N-methyl/N-ethyl adjacent to an activating group) is 1. The summed E-state index contributed by atoms with van der Waals surface area (Å²) in [5, 5.41) is 0. The second-order valence-corrected chi connectivity index (χ2v) is 10.2. The molecule has 1 aromatic heterocycles. The molecule has 8 nitrogen and oxygen atoms in total. The van der Waals surface area contributed by atoms with Gasteiger partial charge in [0.2, 0.25) is 0 Å². The Morgan fingerprint density at radius 3 is 2.24 bits per heavy atom. The molecule has 0 unspecified atom stereocenters. The number of hydrogen-bond acceptors (Lipinski definition) is 6. The monoisotopic (exact) mass is 578 g/mol. The molecule has 3 heterocycles. The van der Waals surface area contributed by atoms with Crippen LogP contribution in [0.5, 0.6) is 11.5 Å². The van der Waals surface area contributed by atoms with Gasteiger partial charge in [-0.2, -0.15) is 13.2 Å². The summed E-state index contributed by atoms with van der Waals surface area (Å²) in [6.45, 7) is 4.95.